The molecule has 2 heterocycles. The van der Waals surface area contributed by atoms with Crippen LogP contribution in [-0.4, -0.2) is 50.7 Å². The molecule has 4 rings (SSSR count). The smallest absolute Gasteiger partial charge is 1.00 e. The van der Waals surface area contributed by atoms with Crippen molar-refractivity contribution >= 4 is 23.7 Å². The number of alkyl halides is 3. The van der Waals surface area contributed by atoms with Crippen molar-refractivity contribution < 1.29 is 52.9 Å². The molecule has 0 bridgehead atoms. The largest absolute Gasteiger partial charge is 1.00 e. The molecule has 1 atom stereocenters. The third kappa shape index (κ3) is 8.97. The maximum Gasteiger partial charge on any atom is 1.00 e. The minimum absolute atomic E-state index is 0. The molecule has 42 heavy (non-hydrogen) atoms. The maximum absolute atomic E-state index is 13.7. The van der Waals surface area contributed by atoms with E-state index in [2.05, 4.69) is 15.3 Å². The van der Waals surface area contributed by atoms with Crippen molar-refractivity contribution in [1.82, 2.24) is 14.9 Å². The number of anilines is 2. The number of ether oxygens (including phenoxy) is 1. The monoisotopic (exact) mass is 578 g/mol. The van der Waals surface area contributed by atoms with E-state index in [9.17, 15) is 22.8 Å². The second-order valence-electron chi connectivity index (χ2n) is 11.0. The zero-order valence-electron chi connectivity index (χ0n) is 25.2. The molecule has 1 saturated heterocycles. The van der Waals surface area contributed by atoms with Gasteiger partial charge in [-0.2, -0.15) is 13.2 Å². The van der Waals surface area contributed by atoms with Crippen molar-refractivity contribution in [2.75, 3.05) is 18.4 Å². The fourth-order valence-corrected chi connectivity index (χ4v) is 4.79. The average Bonchev–Trinajstić information content (AvgIpc) is 3.37. The van der Waals surface area contributed by atoms with Gasteiger partial charge in [-0.05, 0) is 68.9 Å². The molecule has 3 aromatic rings. The molecule has 0 radical (unpaired) electrons. The van der Waals surface area contributed by atoms with Gasteiger partial charge in [0.15, 0.2) is 0 Å². The molecule has 0 aliphatic carbocycles. The van der Waals surface area contributed by atoms with E-state index in [0.29, 0.717) is 29.9 Å². The van der Waals surface area contributed by atoms with Crippen molar-refractivity contribution in [3.8, 4) is 0 Å². The van der Waals surface area contributed by atoms with E-state index < -0.39 is 23.3 Å². The Balaban J connectivity index is 0.00000323. The topological polar surface area (TPSA) is 105 Å². The molecule has 1 unspecified atom stereocenters. The first-order chi connectivity index (χ1) is 19.3. The number of likely N-dealkylation sites (tertiary alicyclic amines) is 1. The summed E-state index contributed by atoms with van der Waals surface area (Å²) >= 11 is 0. The molecule has 1 aliphatic heterocycles. The number of carboxylic acids is 1. The van der Waals surface area contributed by atoms with E-state index in [-0.39, 0.29) is 63.2 Å². The van der Waals surface area contributed by atoms with Crippen LogP contribution in [0, 0.1) is 0 Å². The molecule has 8 nitrogen and oxygen atoms in total. The van der Waals surface area contributed by atoms with Crippen LogP contribution in [0.4, 0.5) is 29.6 Å². The Morgan fingerprint density at radius 3 is 2.36 bits per heavy atom. The number of carbonyl (C=O) groups is 2. The fourth-order valence-electron chi connectivity index (χ4n) is 4.79. The number of nitrogens with one attached hydrogen (secondary N) is 1. The summed E-state index contributed by atoms with van der Waals surface area (Å²) in [4.78, 5) is 33.3. The van der Waals surface area contributed by atoms with Crippen molar-refractivity contribution in [3.63, 3.8) is 0 Å². The van der Waals surface area contributed by atoms with E-state index >= 15 is 0 Å². The van der Waals surface area contributed by atoms with Crippen LogP contribution in [-0.2, 0) is 35.0 Å². The SMILES string of the molecule is CC(C)(C)OC(=O)N1CCC(c2ccc(Nc3ncc(C(F)(F)F)c(CCc4ccccc4CC(=O)O)n3)cc2)C1.[H-].[Li+]. The molecule has 1 aromatic heterocycles. The van der Waals surface area contributed by atoms with Crippen molar-refractivity contribution in [3.05, 3.63) is 82.7 Å². The van der Waals surface area contributed by atoms with Crippen LogP contribution >= 0.6 is 0 Å². The van der Waals surface area contributed by atoms with Gasteiger partial charge in [-0.1, -0.05) is 36.4 Å². The molecule has 1 amide bonds. The van der Waals surface area contributed by atoms with E-state index in [4.69, 9.17) is 9.84 Å². The molecule has 0 saturated carbocycles. The Bertz CT molecular complexity index is 1400. The Kier molecular flexibility index (Phi) is 10.7. The van der Waals surface area contributed by atoms with Gasteiger partial charge in [-0.3, -0.25) is 4.79 Å². The molecule has 220 valence electrons. The standard InChI is InChI=1S/C30H33F3N4O4.Li.H/c1-29(2,3)41-28(40)37-15-14-22(18-37)20-8-11-23(12-9-20)35-27-34-17-24(30(31,32)33)25(36-27)13-10-19-6-4-5-7-21(19)16-26(38)39;;/h4-9,11-12,17,22H,10,13-16,18H2,1-3H3,(H,38,39)(H,34,35,36);;/q;+1;-1. The summed E-state index contributed by atoms with van der Waals surface area (Å²) in [6.07, 6.45) is -3.46. The quantitative estimate of drug-likeness (QED) is 0.395. The van der Waals surface area contributed by atoms with Crippen molar-refractivity contribution in [1.29, 1.82) is 0 Å². The van der Waals surface area contributed by atoms with Gasteiger partial charge in [-0.25, -0.2) is 14.8 Å². The average molecular weight is 579 g/mol. The molecule has 1 aliphatic rings. The molecule has 12 heteroatoms. The third-order valence-electron chi connectivity index (χ3n) is 6.74. The van der Waals surface area contributed by atoms with Crippen LogP contribution in [0.15, 0.2) is 54.7 Å². The minimum Gasteiger partial charge on any atom is -1.00 e. The van der Waals surface area contributed by atoms with Gasteiger partial charge in [0.25, 0.3) is 0 Å². The normalized spacial score (nSPS) is 15.2. The predicted molar refractivity (Wildman–Crippen MR) is 148 cm³/mol. The van der Waals surface area contributed by atoms with Gasteiger partial charge in [0.05, 0.1) is 17.7 Å². The van der Waals surface area contributed by atoms with Gasteiger partial charge in [-0.15, -0.1) is 0 Å². The van der Waals surface area contributed by atoms with Gasteiger partial charge < -0.3 is 21.5 Å². The Labute approximate surface area is 256 Å². The number of nitrogens with zero attached hydrogens (tertiary/aromatic N) is 3. The molecule has 2 N–H and O–H groups in total. The number of amides is 1. The molecule has 0 spiro atoms. The van der Waals surface area contributed by atoms with Gasteiger partial charge in [0, 0.05) is 30.9 Å². The van der Waals surface area contributed by atoms with E-state index in [1.54, 1.807) is 41.3 Å². The zero-order chi connectivity index (χ0) is 29.8. The number of hydrogen-bond acceptors (Lipinski definition) is 6. The number of aromatic nitrogens is 2. The van der Waals surface area contributed by atoms with E-state index in [0.717, 1.165) is 18.2 Å². The van der Waals surface area contributed by atoms with Crippen molar-refractivity contribution in [2.45, 2.75) is 64.1 Å². The predicted octanol–water partition coefficient (Wildman–Crippen LogP) is 3.49. The van der Waals surface area contributed by atoms with Crippen LogP contribution in [0.1, 0.15) is 62.5 Å². The first-order valence-corrected chi connectivity index (χ1v) is 13.3. The summed E-state index contributed by atoms with van der Waals surface area (Å²) in [5.74, 6) is -0.840. The van der Waals surface area contributed by atoms with Crippen LogP contribution in [0.2, 0.25) is 0 Å². The van der Waals surface area contributed by atoms with Crippen LogP contribution in [0.5, 0.6) is 0 Å². The summed E-state index contributed by atoms with van der Waals surface area (Å²) < 4.78 is 46.6. The number of rotatable bonds is 8. The molecule has 1 fully saturated rings. The van der Waals surface area contributed by atoms with Gasteiger partial charge in [0.1, 0.15) is 5.60 Å². The number of carbonyl (C=O) groups excluding carboxylic acids is 1. The molecule has 2 aromatic carbocycles. The van der Waals surface area contributed by atoms with E-state index in [1.165, 1.54) is 0 Å². The minimum atomic E-state index is -4.63. The van der Waals surface area contributed by atoms with E-state index in [1.807, 2.05) is 32.9 Å². The van der Waals surface area contributed by atoms with Gasteiger partial charge >= 0.3 is 37.1 Å². The van der Waals surface area contributed by atoms with Crippen LogP contribution in [0.3, 0.4) is 0 Å². The summed E-state index contributed by atoms with van der Waals surface area (Å²) in [6, 6.07) is 14.2. The Morgan fingerprint density at radius 2 is 1.74 bits per heavy atom. The summed E-state index contributed by atoms with van der Waals surface area (Å²) in [7, 11) is 0. The number of aliphatic carboxylic acids is 1. The second kappa shape index (κ2) is 13.6. The molecular weight excluding hydrogens is 544 g/mol. The summed E-state index contributed by atoms with van der Waals surface area (Å²) in [6.45, 7) is 6.63. The number of aryl methyl sites for hydroxylation is 2. The maximum atomic E-state index is 13.7. The Morgan fingerprint density at radius 1 is 1.07 bits per heavy atom. The third-order valence-corrected chi connectivity index (χ3v) is 6.74. The number of benzene rings is 2. The summed E-state index contributed by atoms with van der Waals surface area (Å²) in [5.41, 5.74) is 1.19. The number of carboxylic acid groups (broad SMARTS) is 1. The number of hydrogen-bond donors (Lipinski definition) is 2. The fraction of sp³-hybridized carbons (Fsp3) is 0.400. The first-order valence-electron chi connectivity index (χ1n) is 13.3. The Hall–Kier alpha value is -3.55. The first kappa shape index (κ1) is 33.0. The zero-order valence-corrected chi connectivity index (χ0v) is 24.2. The van der Waals surface area contributed by atoms with Crippen LogP contribution in [0.25, 0.3) is 0 Å². The molecular formula is C30H34F3LiN4O4. The summed E-state index contributed by atoms with van der Waals surface area (Å²) in [5, 5.41) is 12.1. The second-order valence-corrected chi connectivity index (χ2v) is 11.0. The van der Waals surface area contributed by atoms with Crippen LogP contribution < -0.4 is 24.2 Å². The van der Waals surface area contributed by atoms with Gasteiger partial charge in [0.2, 0.25) is 5.95 Å². The number of halogens is 3. The van der Waals surface area contributed by atoms with Crippen molar-refractivity contribution in [2.24, 2.45) is 0 Å².